The van der Waals surface area contributed by atoms with E-state index in [2.05, 4.69) is 9.97 Å². The van der Waals surface area contributed by atoms with E-state index in [4.69, 9.17) is 4.74 Å². The summed E-state index contributed by atoms with van der Waals surface area (Å²) in [7, 11) is 0. The van der Waals surface area contributed by atoms with Crippen LogP contribution < -0.4 is 4.74 Å². The molecule has 0 saturated heterocycles. The summed E-state index contributed by atoms with van der Waals surface area (Å²) in [6, 6.07) is 9.58. The summed E-state index contributed by atoms with van der Waals surface area (Å²) >= 11 is 3.40. The van der Waals surface area contributed by atoms with Crippen LogP contribution in [0.25, 0.3) is 10.2 Å². The van der Waals surface area contributed by atoms with Crippen molar-refractivity contribution >= 4 is 33.3 Å². The van der Waals surface area contributed by atoms with Crippen LogP contribution in [0.4, 0.5) is 0 Å². The van der Waals surface area contributed by atoms with Crippen LogP contribution in [0, 0.1) is 0 Å². The van der Waals surface area contributed by atoms with Crippen LogP contribution in [-0.4, -0.2) is 33.5 Å². The number of ether oxygens (including phenoxy) is 1. The van der Waals surface area contributed by atoms with E-state index in [1.54, 1.807) is 29.4 Å². The number of aliphatic hydroxyl groups excluding tert-OH is 1. The second-order valence-electron chi connectivity index (χ2n) is 6.16. The van der Waals surface area contributed by atoms with Crippen molar-refractivity contribution in [1.29, 1.82) is 0 Å². The first kappa shape index (κ1) is 16.8. The molecule has 0 radical (unpaired) electrons. The SMILES string of the molecule is O[C@@H](COc1ccccc1)CSc1ncnc2sc3c(c12)CCCC3. The molecule has 0 bridgehead atoms. The number of thiophene rings is 1. The zero-order valence-electron chi connectivity index (χ0n) is 13.9. The summed E-state index contributed by atoms with van der Waals surface area (Å²) in [6.07, 6.45) is 5.89. The molecule has 0 fully saturated rings. The maximum Gasteiger partial charge on any atom is 0.128 e. The van der Waals surface area contributed by atoms with Crippen molar-refractivity contribution in [3.05, 3.63) is 47.1 Å². The van der Waals surface area contributed by atoms with Gasteiger partial charge < -0.3 is 9.84 Å². The Morgan fingerprint density at radius 2 is 2.00 bits per heavy atom. The van der Waals surface area contributed by atoms with E-state index in [1.165, 1.54) is 28.7 Å². The Balaban J connectivity index is 1.43. The van der Waals surface area contributed by atoms with Gasteiger partial charge in [0.15, 0.2) is 0 Å². The van der Waals surface area contributed by atoms with Gasteiger partial charge in [-0.1, -0.05) is 18.2 Å². The number of aryl methyl sites for hydroxylation is 2. The topological polar surface area (TPSA) is 55.2 Å². The largest absolute Gasteiger partial charge is 0.491 e. The molecule has 2 heterocycles. The number of rotatable bonds is 6. The van der Waals surface area contributed by atoms with E-state index >= 15 is 0 Å². The molecule has 1 aromatic carbocycles. The van der Waals surface area contributed by atoms with Gasteiger partial charge in [0.25, 0.3) is 0 Å². The van der Waals surface area contributed by atoms with Gasteiger partial charge in [0.2, 0.25) is 0 Å². The van der Waals surface area contributed by atoms with E-state index in [1.807, 2.05) is 30.3 Å². The minimum atomic E-state index is -0.537. The predicted molar refractivity (Wildman–Crippen MR) is 103 cm³/mol. The average Bonchev–Trinajstić information content (AvgIpc) is 3.04. The van der Waals surface area contributed by atoms with Crippen molar-refractivity contribution in [3.63, 3.8) is 0 Å². The minimum Gasteiger partial charge on any atom is -0.491 e. The fourth-order valence-electron chi connectivity index (χ4n) is 3.10. The van der Waals surface area contributed by atoms with Gasteiger partial charge in [-0.3, -0.25) is 0 Å². The fraction of sp³-hybridized carbons (Fsp3) is 0.368. The quantitative estimate of drug-likeness (QED) is 0.521. The normalized spacial score (nSPS) is 15.1. The Morgan fingerprint density at radius 3 is 2.88 bits per heavy atom. The summed E-state index contributed by atoms with van der Waals surface area (Å²) in [5.74, 6) is 1.34. The van der Waals surface area contributed by atoms with Crippen molar-refractivity contribution in [3.8, 4) is 5.75 Å². The number of nitrogens with zero attached hydrogens (tertiary/aromatic N) is 2. The van der Waals surface area contributed by atoms with Gasteiger partial charge in [-0.15, -0.1) is 23.1 Å². The Morgan fingerprint density at radius 1 is 1.16 bits per heavy atom. The first-order valence-corrected chi connectivity index (χ1v) is 10.4. The smallest absolute Gasteiger partial charge is 0.128 e. The lowest BCUT2D eigenvalue weighted by Crippen LogP contribution is -2.20. The molecule has 1 N–H and O–H groups in total. The summed E-state index contributed by atoms with van der Waals surface area (Å²) in [5.41, 5.74) is 1.43. The number of thioether (sulfide) groups is 1. The van der Waals surface area contributed by atoms with Crippen LogP contribution in [0.1, 0.15) is 23.3 Å². The first-order valence-electron chi connectivity index (χ1n) is 8.55. The molecular weight excluding hydrogens is 352 g/mol. The maximum absolute atomic E-state index is 10.2. The third-order valence-corrected chi connectivity index (χ3v) is 6.65. The lowest BCUT2D eigenvalue weighted by molar-refractivity contribution is 0.126. The molecule has 0 spiro atoms. The number of benzene rings is 1. The predicted octanol–water partition coefficient (Wildman–Crippen LogP) is 4.10. The van der Waals surface area contributed by atoms with Crippen LogP contribution in [-0.2, 0) is 12.8 Å². The molecule has 0 saturated carbocycles. The van der Waals surface area contributed by atoms with E-state index in [9.17, 15) is 5.11 Å². The van der Waals surface area contributed by atoms with Crippen LogP contribution in [0.5, 0.6) is 5.75 Å². The summed E-state index contributed by atoms with van der Waals surface area (Å²) < 4.78 is 5.63. The molecule has 0 amide bonds. The summed E-state index contributed by atoms with van der Waals surface area (Å²) in [6.45, 7) is 0.285. The van der Waals surface area contributed by atoms with Gasteiger partial charge in [-0.05, 0) is 43.4 Å². The fourth-order valence-corrected chi connectivity index (χ4v) is 5.33. The number of aromatic nitrogens is 2. The molecular formula is C19H20N2O2S2. The highest BCUT2D eigenvalue weighted by molar-refractivity contribution is 7.99. The Kier molecular flexibility index (Phi) is 5.20. The number of hydrogen-bond acceptors (Lipinski definition) is 6. The van der Waals surface area contributed by atoms with Gasteiger partial charge in [0.05, 0.1) is 6.10 Å². The van der Waals surface area contributed by atoms with Gasteiger partial charge >= 0.3 is 0 Å². The molecule has 25 heavy (non-hydrogen) atoms. The molecule has 0 aliphatic heterocycles. The third kappa shape index (κ3) is 3.81. The van der Waals surface area contributed by atoms with Crippen molar-refractivity contribution in [1.82, 2.24) is 9.97 Å². The van der Waals surface area contributed by atoms with E-state index < -0.39 is 6.10 Å². The molecule has 4 rings (SSSR count). The second-order valence-corrected chi connectivity index (χ2v) is 8.25. The lowest BCUT2D eigenvalue weighted by atomic mass is 9.97. The molecule has 3 aromatic rings. The second kappa shape index (κ2) is 7.72. The van der Waals surface area contributed by atoms with Gasteiger partial charge in [0, 0.05) is 16.0 Å². The van der Waals surface area contributed by atoms with E-state index in [0.717, 1.165) is 28.4 Å². The standard InChI is InChI=1S/C19H20N2O2S2/c22-13(10-23-14-6-2-1-3-7-14)11-24-18-17-15-8-4-5-9-16(15)25-19(17)21-12-20-18/h1-3,6-7,12-13,22H,4-5,8-11H2/t13-/m0/s1. The molecule has 1 atom stereocenters. The summed E-state index contributed by atoms with van der Waals surface area (Å²) in [4.78, 5) is 11.5. The van der Waals surface area contributed by atoms with Crippen LogP contribution in [0.15, 0.2) is 41.7 Å². The monoisotopic (exact) mass is 372 g/mol. The number of hydrogen-bond donors (Lipinski definition) is 1. The third-order valence-electron chi connectivity index (χ3n) is 4.31. The van der Waals surface area contributed by atoms with Crippen LogP contribution in [0.3, 0.4) is 0 Å². The molecule has 1 aliphatic carbocycles. The van der Waals surface area contributed by atoms with Crippen molar-refractivity contribution < 1.29 is 9.84 Å². The minimum absolute atomic E-state index is 0.285. The maximum atomic E-state index is 10.2. The molecule has 6 heteroatoms. The molecule has 0 unspecified atom stereocenters. The zero-order chi connectivity index (χ0) is 17.1. The lowest BCUT2D eigenvalue weighted by Gasteiger charge is -2.13. The molecule has 130 valence electrons. The Bertz CT molecular complexity index is 851. The van der Waals surface area contributed by atoms with Crippen LogP contribution in [0.2, 0.25) is 0 Å². The molecule has 4 nitrogen and oxygen atoms in total. The number of para-hydroxylation sites is 1. The van der Waals surface area contributed by atoms with Gasteiger partial charge in [-0.25, -0.2) is 9.97 Å². The van der Waals surface area contributed by atoms with Crippen molar-refractivity contribution in [2.24, 2.45) is 0 Å². The number of aliphatic hydroxyl groups is 1. The van der Waals surface area contributed by atoms with Gasteiger partial charge in [0.1, 0.15) is 28.5 Å². The van der Waals surface area contributed by atoms with E-state index in [-0.39, 0.29) is 6.61 Å². The van der Waals surface area contributed by atoms with Crippen molar-refractivity contribution in [2.75, 3.05) is 12.4 Å². The summed E-state index contributed by atoms with van der Waals surface area (Å²) in [5, 5.41) is 12.4. The van der Waals surface area contributed by atoms with Gasteiger partial charge in [-0.2, -0.15) is 0 Å². The highest BCUT2D eigenvalue weighted by atomic mass is 32.2. The first-order chi connectivity index (χ1) is 12.3. The number of fused-ring (bicyclic) bond motifs is 3. The zero-order valence-corrected chi connectivity index (χ0v) is 15.5. The van der Waals surface area contributed by atoms with E-state index in [0.29, 0.717) is 5.75 Å². The Hall–Kier alpha value is -1.63. The average molecular weight is 373 g/mol. The Labute approximate surface area is 155 Å². The molecule has 1 aliphatic rings. The van der Waals surface area contributed by atoms with Crippen molar-refractivity contribution in [2.45, 2.75) is 36.8 Å². The molecule has 2 aromatic heterocycles. The highest BCUT2D eigenvalue weighted by Crippen LogP contribution is 2.39. The highest BCUT2D eigenvalue weighted by Gasteiger charge is 2.20. The van der Waals surface area contributed by atoms with Crippen LogP contribution >= 0.6 is 23.1 Å².